The van der Waals surface area contributed by atoms with E-state index in [1.807, 2.05) is 19.9 Å². The first-order valence-electron chi connectivity index (χ1n) is 8.97. The third kappa shape index (κ3) is 3.52. The summed E-state index contributed by atoms with van der Waals surface area (Å²) in [4.78, 5) is 10.9. The molecule has 2 saturated heterocycles. The Bertz CT molecular complexity index is 685. The molecule has 0 amide bonds. The maximum atomic E-state index is 6.08. The van der Waals surface area contributed by atoms with Gasteiger partial charge in [0.25, 0.3) is 0 Å². The number of piperidine rings is 1. The lowest BCUT2D eigenvalue weighted by Gasteiger charge is -2.35. The van der Waals surface area contributed by atoms with Gasteiger partial charge < -0.3 is 14.6 Å². The highest BCUT2D eigenvalue weighted by Crippen LogP contribution is 2.35. The van der Waals surface area contributed by atoms with E-state index in [0.29, 0.717) is 17.8 Å². The second-order valence-corrected chi connectivity index (χ2v) is 7.08. The van der Waals surface area contributed by atoms with Crippen molar-refractivity contribution in [1.82, 2.24) is 20.0 Å². The topological polar surface area (TPSA) is 76.3 Å². The van der Waals surface area contributed by atoms with Gasteiger partial charge in [-0.1, -0.05) is 5.16 Å². The second kappa shape index (κ2) is 7.09. The van der Waals surface area contributed by atoms with Crippen molar-refractivity contribution in [3.05, 3.63) is 35.5 Å². The van der Waals surface area contributed by atoms with Gasteiger partial charge in [-0.2, -0.15) is 0 Å². The first-order valence-corrected chi connectivity index (χ1v) is 8.97. The maximum Gasteiger partial charge on any atom is 0.222 e. The van der Waals surface area contributed by atoms with Crippen LogP contribution in [0, 0.1) is 25.7 Å². The number of aromatic nitrogens is 3. The van der Waals surface area contributed by atoms with E-state index >= 15 is 0 Å². The van der Waals surface area contributed by atoms with Crippen molar-refractivity contribution < 1.29 is 9.26 Å². The van der Waals surface area contributed by atoms with Crippen LogP contribution >= 0.6 is 0 Å². The van der Waals surface area contributed by atoms with E-state index in [1.165, 1.54) is 5.56 Å². The molecule has 0 spiro atoms. The Balaban J connectivity index is 1.32. The molecular formula is C18H25N5O2. The third-order valence-electron chi connectivity index (χ3n) is 5.47. The Morgan fingerprint density at radius 1 is 1.28 bits per heavy atom. The van der Waals surface area contributed by atoms with Crippen LogP contribution in [0.2, 0.25) is 0 Å². The van der Waals surface area contributed by atoms with Crippen LogP contribution in [0.25, 0.3) is 0 Å². The minimum atomic E-state index is 0.245. The standard InChI is InChI=1S/C18H25N5O2/c1-12-16(13(2)25-22-12)10-23-7-4-15-14(9-23)11-24-17(15)8-21-18-19-5-3-6-20-18/h3,5-6,14-15,17H,4,7-11H2,1-2H3,(H,19,20,21)/t14-,15-,17-/m1/s1. The van der Waals surface area contributed by atoms with E-state index < -0.39 is 0 Å². The Morgan fingerprint density at radius 2 is 2.12 bits per heavy atom. The van der Waals surface area contributed by atoms with E-state index in [1.54, 1.807) is 12.4 Å². The fourth-order valence-electron chi connectivity index (χ4n) is 4.05. The van der Waals surface area contributed by atoms with Gasteiger partial charge in [0.15, 0.2) is 0 Å². The molecule has 0 aliphatic carbocycles. The van der Waals surface area contributed by atoms with Crippen LogP contribution < -0.4 is 5.32 Å². The molecule has 0 radical (unpaired) electrons. The quantitative estimate of drug-likeness (QED) is 0.890. The zero-order valence-corrected chi connectivity index (χ0v) is 14.8. The number of nitrogens with zero attached hydrogens (tertiary/aromatic N) is 4. The van der Waals surface area contributed by atoms with Gasteiger partial charge in [-0.15, -0.1) is 0 Å². The number of anilines is 1. The summed E-state index contributed by atoms with van der Waals surface area (Å²) in [7, 11) is 0. The molecule has 2 aromatic rings. The number of aryl methyl sites for hydroxylation is 2. The predicted octanol–water partition coefficient (Wildman–Crippen LogP) is 2.03. The van der Waals surface area contributed by atoms with Gasteiger partial charge >= 0.3 is 0 Å². The van der Waals surface area contributed by atoms with Crippen LogP contribution in [-0.2, 0) is 11.3 Å². The Hall–Kier alpha value is -1.99. The molecule has 2 aliphatic rings. The van der Waals surface area contributed by atoms with Gasteiger partial charge in [-0.3, -0.25) is 4.90 Å². The first-order chi connectivity index (χ1) is 12.2. The lowest BCUT2D eigenvalue weighted by atomic mass is 9.84. The van der Waals surface area contributed by atoms with Crippen molar-refractivity contribution in [2.24, 2.45) is 11.8 Å². The molecule has 134 valence electrons. The summed E-state index contributed by atoms with van der Waals surface area (Å²) in [6.07, 6.45) is 4.91. The highest BCUT2D eigenvalue weighted by Gasteiger charge is 2.40. The molecule has 2 aromatic heterocycles. The lowest BCUT2D eigenvalue weighted by molar-refractivity contribution is 0.0945. The molecule has 25 heavy (non-hydrogen) atoms. The molecule has 4 heterocycles. The Kier molecular flexibility index (Phi) is 4.67. The zero-order chi connectivity index (χ0) is 17.2. The van der Waals surface area contributed by atoms with Crippen LogP contribution in [0.1, 0.15) is 23.4 Å². The highest BCUT2D eigenvalue weighted by molar-refractivity contribution is 5.23. The first kappa shape index (κ1) is 16.5. The average molecular weight is 343 g/mol. The SMILES string of the molecule is Cc1noc(C)c1CN1CC[C@@H]2[C@@H](CO[C@@H]2CNc2ncccn2)C1. The van der Waals surface area contributed by atoms with Crippen molar-refractivity contribution in [2.75, 3.05) is 31.6 Å². The fourth-order valence-corrected chi connectivity index (χ4v) is 4.05. The van der Waals surface area contributed by atoms with E-state index in [2.05, 4.69) is 25.3 Å². The van der Waals surface area contributed by atoms with Crippen LogP contribution in [-0.4, -0.2) is 52.4 Å². The second-order valence-electron chi connectivity index (χ2n) is 7.08. The number of fused-ring (bicyclic) bond motifs is 1. The minimum absolute atomic E-state index is 0.245. The molecule has 1 N–H and O–H groups in total. The van der Waals surface area contributed by atoms with Crippen molar-refractivity contribution in [1.29, 1.82) is 0 Å². The molecule has 7 nitrogen and oxygen atoms in total. The normalized spacial score (nSPS) is 26.6. The van der Waals surface area contributed by atoms with Crippen molar-refractivity contribution in [3.63, 3.8) is 0 Å². The number of ether oxygens (including phenoxy) is 1. The van der Waals surface area contributed by atoms with Crippen molar-refractivity contribution in [2.45, 2.75) is 32.9 Å². The van der Waals surface area contributed by atoms with Gasteiger partial charge in [0.2, 0.25) is 5.95 Å². The summed E-state index contributed by atoms with van der Waals surface area (Å²) in [6, 6.07) is 1.82. The molecule has 0 aromatic carbocycles. The molecule has 0 saturated carbocycles. The van der Waals surface area contributed by atoms with Crippen LogP contribution in [0.4, 0.5) is 5.95 Å². The predicted molar refractivity (Wildman–Crippen MR) is 93.1 cm³/mol. The molecule has 4 rings (SSSR count). The molecule has 0 bridgehead atoms. The summed E-state index contributed by atoms with van der Waals surface area (Å²) < 4.78 is 11.4. The zero-order valence-electron chi connectivity index (χ0n) is 14.8. The van der Waals surface area contributed by atoms with Crippen LogP contribution in [0.5, 0.6) is 0 Å². The summed E-state index contributed by atoms with van der Waals surface area (Å²) in [5.41, 5.74) is 2.24. The van der Waals surface area contributed by atoms with E-state index in [0.717, 1.165) is 50.7 Å². The number of hydrogen-bond donors (Lipinski definition) is 1. The summed E-state index contributed by atoms with van der Waals surface area (Å²) in [5, 5.41) is 7.37. The molecule has 7 heteroatoms. The molecule has 2 aliphatic heterocycles. The monoisotopic (exact) mass is 343 g/mol. The Labute approximate surface area is 147 Å². The molecular weight excluding hydrogens is 318 g/mol. The smallest absolute Gasteiger partial charge is 0.222 e. The summed E-state index contributed by atoms with van der Waals surface area (Å²) >= 11 is 0. The summed E-state index contributed by atoms with van der Waals surface area (Å²) in [5.74, 6) is 2.81. The van der Waals surface area contributed by atoms with Gasteiger partial charge in [-0.05, 0) is 38.8 Å². The van der Waals surface area contributed by atoms with Crippen LogP contribution in [0.3, 0.4) is 0 Å². The number of rotatable bonds is 5. The maximum absolute atomic E-state index is 6.08. The lowest BCUT2D eigenvalue weighted by Crippen LogP contribution is -2.42. The van der Waals surface area contributed by atoms with Crippen LogP contribution in [0.15, 0.2) is 23.0 Å². The van der Waals surface area contributed by atoms with Crippen molar-refractivity contribution >= 4 is 5.95 Å². The number of hydrogen-bond acceptors (Lipinski definition) is 7. The fraction of sp³-hybridized carbons (Fsp3) is 0.611. The molecule has 0 unspecified atom stereocenters. The molecule has 2 fully saturated rings. The number of nitrogens with one attached hydrogen (secondary N) is 1. The van der Waals surface area contributed by atoms with E-state index in [9.17, 15) is 0 Å². The van der Waals surface area contributed by atoms with Gasteiger partial charge in [0, 0.05) is 43.5 Å². The van der Waals surface area contributed by atoms with Gasteiger partial charge in [-0.25, -0.2) is 9.97 Å². The highest BCUT2D eigenvalue weighted by atomic mass is 16.5. The Morgan fingerprint density at radius 3 is 2.88 bits per heavy atom. The summed E-state index contributed by atoms with van der Waals surface area (Å²) in [6.45, 7) is 8.71. The largest absolute Gasteiger partial charge is 0.376 e. The third-order valence-corrected chi connectivity index (χ3v) is 5.47. The van der Waals surface area contributed by atoms with Gasteiger partial charge in [0.05, 0.1) is 18.4 Å². The van der Waals surface area contributed by atoms with Gasteiger partial charge in [0.1, 0.15) is 5.76 Å². The number of likely N-dealkylation sites (tertiary alicyclic amines) is 1. The van der Waals surface area contributed by atoms with E-state index in [-0.39, 0.29) is 6.10 Å². The van der Waals surface area contributed by atoms with Crippen molar-refractivity contribution in [3.8, 4) is 0 Å². The molecule has 3 atom stereocenters. The minimum Gasteiger partial charge on any atom is -0.376 e. The average Bonchev–Trinajstić information content (AvgIpc) is 3.18. The van der Waals surface area contributed by atoms with E-state index in [4.69, 9.17) is 9.26 Å².